The Hall–Kier alpha value is -2.50. The molecule has 0 amide bonds. The molecule has 0 aliphatic carbocycles. The lowest BCUT2D eigenvalue weighted by atomic mass is 10.0. The van der Waals surface area contributed by atoms with E-state index >= 15 is 0 Å². The average Bonchev–Trinajstić information content (AvgIpc) is 3.17. The number of nitrogen functional groups attached to an aromatic ring is 1. The monoisotopic (exact) mass is 329 g/mol. The van der Waals surface area contributed by atoms with E-state index in [1.54, 1.807) is 10.7 Å². The van der Waals surface area contributed by atoms with Crippen LogP contribution in [0.1, 0.15) is 39.4 Å². The summed E-state index contributed by atoms with van der Waals surface area (Å²) in [5, 5.41) is 13.2. The van der Waals surface area contributed by atoms with Crippen molar-refractivity contribution in [3.63, 3.8) is 0 Å². The predicted octanol–water partition coefficient (Wildman–Crippen LogP) is 3.05. The molecular weight excluding hydrogens is 302 g/mol. The highest BCUT2D eigenvalue weighted by Crippen LogP contribution is 2.26. The van der Waals surface area contributed by atoms with Crippen LogP contribution in [0.2, 0.25) is 0 Å². The topological polar surface area (TPSA) is 80.2 Å². The fourth-order valence-corrected chi connectivity index (χ4v) is 3.02. The van der Waals surface area contributed by atoms with Gasteiger partial charge < -0.3 is 15.4 Å². The van der Waals surface area contributed by atoms with Gasteiger partial charge in [-0.1, -0.05) is 0 Å². The average molecular weight is 329 g/mol. The molecule has 1 aliphatic rings. The van der Waals surface area contributed by atoms with Gasteiger partial charge in [0.25, 0.3) is 0 Å². The Balaban J connectivity index is 0.00000225. The van der Waals surface area contributed by atoms with Gasteiger partial charge in [-0.15, -0.1) is 0 Å². The summed E-state index contributed by atoms with van der Waals surface area (Å²) < 4.78 is 7.49. The Morgan fingerprint density at radius 2 is 2.00 bits per heavy atom. The van der Waals surface area contributed by atoms with E-state index in [1.807, 2.05) is 39.1 Å². The van der Waals surface area contributed by atoms with Crippen LogP contribution in [0.15, 0.2) is 24.3 Å². The molecule has 1 aliphatic heterocycles. The summed E-state index contributed by atoms with van der Waals surface area (Å²) in [6.45, 7) is 6.02. The summed E-state index contributed by atoms with van der Waals surface area (Å²) in [6, 6.07) is 7.44. The van der Waals surface area contributed by atoms with Gasteiger partial charge in [0.15, 0.2) is 5.82 Å². The van der Waals surface area contributed by atoms with Gasteiger partial charge in [0.2, 0.25) is 0 Å². The normalized spacial score (nSPS) is 14.4. The molecule has 2 heterocycles. The predicted molar refractivity (Wildman–Crippen MR) is 99.3 cm³/mol. The first-order chi connectivity index (χ1) is 11.5. The first kappa shape index (κ1) is 16.4. The number of aryl methyl sites for hydroxylation is 1. The Morgan fingerprint density at radius 1 is 1.29 bits per heavy atom. The minimum atomic E-state index is 0. The lowest BCUT2D eigenvalue weighted by Crippen LogP contribution is -2.18. The van der Waals surface area contributed by atoms with Gasteiger partial charge in [-0.05, 0) is 44.9 Å². The second-order valence-electron chi connectivity index (χ2n) is 6.50. The molecule has 1 saturated heterocycles. The minimum Gasteiger partial charge on any atom is -0.491 e. The van der Waals surface area contributed by atoms with Crippen LogP contribution in [0.25, 0.3) is 0 Å². The lowest BCUT2D eigenvalue weighted by molar-refractivity contribution is 0.242. The molecule has 1 aromatic heterocycles. The zero-order valence-electron chi connectivity index (χ0n) is 14.5. The summed E-state index contributed by atoms with van der Waals surface area (Å²) in [4.78, 5) is 2.26. The Bertz CT molecular complexity index is 750. The molecule has 0 atom stereocenters. The smallest absolute Gasteiger partial charge is 0.151 e. The Kier molecular flexibility index (Phi) is 4.46. The maximum atomic E-state index is 8.60. The van der Waals surface area contributed by atoms with Gasteiger partial charge in [-0.2, -0.15) is 5.10 Å². The van der Waals surface area contributed by atoms with Gasteiger partial charge in [-0.25, -0.2) is 0 Å². The molecule has 1 fully saturated rings. The summed E-state index contributed by atoms with van der Waals surface area (Å²) in [7, 11) is 1.87. The van der Waals surface area contributed by atoms with Crippen molar-refractivity contribution >= 4 is 17.2 Å². The molecular formula is C18H27N5O. The standard InChI is InChI=1S/C18H25N5O.H2/c1-12(2)24-13-6-7-15(19)14(10-13)18(20)16-11-17(21-22(16)3)23-8-4-5-9-23;/h6-7,10-12,20H,4-5,8-9,19H2,1-3H3;1H. The van der Waals surface area contributed by atoms with E-state index in [4.69, 9.17) is 15.9 Å². The van der Waals surface area contributed by atoms with E-state index < -0.39 is 0 Å². The third-order valence-electron chi connectivity index (χ3n) is 4.22. The molecule has 0 unspecified atom stereocenters. The van der Waals surface area contributed by atoms with Crippen LogP contribution in [-0.4, -0.2) is 34.7 Å². The Labute approximate surface area is 144 Å². The first-order valence-corrected chi connectivity index (χ1v) is 8.40. The Morgan fingerprint density at radius 3 is 2.67 bits per heavy atom. The van der Waals surface area contributed by atoms with Gasteiger partial charge in [0.1, 0.15) is 5.75 Å². The van der Waals surface area contributed by atoms with Crippen LogP contribution in [0.4, 0.5) is 11.5 Å². The van der Waals surface area contributed by atoms with E-state index in [-0.39, 0.29) is 7.53 Å². The van der Waals surface area contributed by atoms with Crippen molar-refractivity contribution in [3.8, 4) is 5.75 Å². The van der Waals surface area contributed by atoms with Gasteiger partial charge >= 0.3 is 0 Å². The molecule has 0 bridgehead atoms. The van der Waals surface area contributed by atoms with Crippen LogP contribution >= 0.6 is 0 Å². The molecule has 6 nitrogen and oxygen atoms in total. The number of nitrogens with two attached hydrogens (primary N) is 1. The van der Waals surface area contributed by atoms with Crippen molar-refractivity contribution in [2.24, 2.45) is 7.05 Å². The number of anilines is 2. The fraction of sp³-hybridized carbons (Fsp3) is 0.444. The van der Waals surface area contributed by atoms with Gasteiger partial charge in [0, 0.05) is 38.9 Å². The maximum Gasteiger partial charge on any atom is 0.151 e. The minimum absolute atomic E-state index is 0. The molecule has 130 valence electrons. The number of nitrogens with zero attached hydrogens (tertiary/aromatic N) is 3. The van der Waals surface area contributed by atoms with Crippen LogP contribution in [0.5, 0.6) is 5.75 Å². The number of benzene rings is 1. The highest BCUT2D eigenvalue weighted by molar-refractivity contribution is 6.13. The largest absolute Gasteiger partial charge is 0.491 e. The molecule has 3 N–H and O–H groups in total. The first-order valence-electron chi connectivity index (χ1n) is 8.40. The molecule has 6 heteroatoms. The molecule has 3 rings (SSSR count). The highest BCUT2D eigenvalue weighted by Gasteiger charge is 2.20. The lowest BCUT2D eigenvalue weighted by Gasteiger charge is -2.13. The summed E-state index contributed by atoms with van der Waals surface area (Å²) in [5.74, 6) is 1.66. The van der Waals surface area contributed by atoms with Crippen LogP contribution in [0, 0.1) is 5.41 Å². The van der Waals surface area contributed by atoms with Crippen molar-refractivity contribution in [3.05, 3.63) is 35.5 Å². The van der Waals surface area contributed by atoms with Gasteiger partial charge in [-0.3, -0.25) is 10.1 Å². The van der Waals surface area contributed by atoms with E-state index in [9.17, 15) is 0 Å². The number of nitrogens with one attached hydrogen (secondary N) is 1. The summed E-state index contributed by atoms with van der Waals surface area (Å²) in [6.07, 6.45) is 2.48. The molecule has 0 spiro atoms. The van der Waals surface area contributed by atoms with Crippen LogP contribution < -0.4 is 15.4 Å². The molecule has 24 heavy (non-hydrogen) atoms. The van der Waals surface area contributed by atoms with E-state index in [0.29, 0.717) is 17.0 Å². The third-order valence-corrected chi connectivity index (χ3v) is 4.22. The second kappa shape index (κ2) is 6.55. The zero-order chi connectivity index (χ0) is 17.3. The van der Waals surface area contributed by atoms with Crippen LogP contribution in [-0.2, 0) is 7.05 Å². The number of hydrogen-bond donors (Lipinski definition) is 2. The SMILES string of the molecule is CC(C)Oc1ccc(N)c(C(=N)c2cc(N3CCCC3)nn2C)c1.[HH]. The summed E-state index contributed by atoms with van der Waals surface area (Å²) in [5.41, 5.74) is 8.46. The summed E-state index contributed by atoms with van der Waals surface area (Å²) >= 11 is 0. The molecule has 0 saturated carbocycles. The molecule has 1 aromatic carbocycles. The van der Waals surface area contributed by atoms with Crippen molar-refractivity contribution in [1.29, 1.82) is 5.41 Å². The number of ether oxygens (including phenoxy) is 1. The van der Waals surface area contributed by atoms with E-state index in [2.05, 4.69) is 10.00 Å². The number of hydrogen-bond acceptors (Lipinski definition) is 5. The third kappa shape index (κ3) is 3.22. The number of aromatic nitrogens is 2. The fourth-order valence-electron chi connectivity index (χ4n) is 3.02. The zero-order valence-corrected chi connectivity index (χ0v) is 14.5. The van der Waals surface area contributed by atoms with Crippen molar-refractivity contribution in [2.45, 2.75) is 32.8 Å². The van der Waals surface area contributed by atoms with Crippen molar-refractivity contribution in [1.82, 2.24) is 9.78 Å². The van der Waals surface area contributed by atoms with E-state index in [0.717, 1.165) is 30.4 Å². The van der Waals surface area contributed by atoms with Gasteiger partial charge in [0.05, 0.1) is 17.5 Å². The number of rotatable bonds is 5. The molecule has 0 radical (unpaired) electrons. The van der Waals surface area contributed by atoms with Crippen molar-refractivity contribution < 1.29 is 6.16 Å². The highest BCUT2D eigenvalue weighted by atomic mass is 16.5. The van der Waals surface area contributed by atoms with Crippen molar-refractivity contribution in [2.75, 3.05) is 23.7 Å². The maximum absolute atomic E-state index is 8.60. The van der Waals surface area contributed by atoms with E-state index in [1.165, 1.54) is 12.8 Å². The van der Waals surface area contributed by atoms with Crippen LogP contribution in [0.3, 0.4) is 0 Å². The quantitative estimate of drug-likeness (QED) is 0.652. The second-order valence-corrected chi connectivity index (χ2v) is 6.50. The molecule has 2 aromatic rings.